The van der Waals surface area contributed by atoms with Gasteiger partial charge in [0, 0.05) is 37.0 Å². The van der Waals surface area contributed by atoms with Crippen molar-refractivity contribution in [3.8, 4) is 0 Å². The zero-order chi connectivity index (χ0) is 30.9. The minimum Gasteiger partial charge on any atom is -0.352 e. The van der Waals surface area contributed by atoms with Gasteiger partial charge in [0.1, 0.15) is 6.04 Å². The van der Waals surface area contributed by atoms with E-state index in [1.54, 1.807) is 11.0 Å². The first-order valence-electron chi connectivity index (χ1n) is 14.3. The predicted octanol–water partition coefficient (Wildman–Crippen LogP) is 6.06. The van der Waals surface area contributed by atoms with Crippen LogP contribution in [0.5, 0.6) is 0 Å². The van der Waals surface area contributed by atoms with Gasteiger partial charge in [-0.2, -0.15) is 0 Å². The number of hydrogen-bond donors (Lipinski definition) is 1. The van der Waals surface area contributed by atoms with E-state index in [-0.39, 0.29) is 43.8 Å². The van der Waals surface area contributed by atoms with Crippen LogP contribution in [0.25, 0.3) is 0 Å². The molecule has 1 N–H and O–H groups in total. The van der Waals surface area contributed by atoms with Gasteiger partial charge in [0.15, 0.2) is 0 Å². The maximum absolute atomic E-state index is 14.0. The van der Waals surface area contributed by atoms with E-state index in [1.165, 1.54) is 10.6 Å². The topological polar surface area (TPSA) is 86.8 Å². The van der Waals surface area contributed by atoms with Crippen LogP contribution in [0.15, 0.2) is 72.8 Å². The molecule has 42 heavy (non-hydrogen) atoms. The van der Waals surface area contributed by atoms with Crippen molar-refractivity contribution in [2.24, 2.45) is 0 Å². The monoisotopic (exact) mass is 611 g/mol. The van der Waals surface area contributed by atoms with Gasteiger partial charge in [-0.3, -0.25) is 13.9 Å². The molecular formula is C33H42ClN3O4S. The SMILES string of the molecule is CC[C@@H](C)NC(=O)[C@H](Cc1ccccc1)N(Cc1ccccc1Cl)C(=O)CCCN(c1cc(C)cc(C)c1)S(C)(=O)=O. The predicted molar refractivity (Wildman–Crippen MR) is 171 cm³/mol. The molecule has 0 unspecified atom stereocenters. The standard InChI is InChI=1S/C33H42ClN3O4S/c1-6-26(4)35-33(39)31(22-27-13-8-7-9-14-27)36(23-28-15-10-11-16-30(28)34)32(38)17-12-18-37(42(5,40)41)29-20-24(2)19-25(3)21-29/h7-11,13-16,19-21,26,31H,6,12,17-18,22-23H2,1-5H3,(H,35,39)/t26-,31+/m1/s1. The lowest BCUT2D eigenvalue weighted by Crippen LogP contribution is -2.52. The number of aryl methyl sites for hydroxylation is 2. The minimum absolute atomic E-state index is 0.0587. The summed E-state index contributed by atoms with van der Waals surface area (Å²) < 4.78 is 26.8. The molecule has 3 rings (SSSR count). The Labute approximate surface area is 255 Å². The fourth-order valence-electron chi connectivity index (χ4n) is 4.90. The Balaban J connectivity index is 1.91. The fourth-order valence-corrected chi connectivity index (χ4v) is 6.05. The molecular weight excluding hydrogens is 570 g/mol. The molecule has 0 bridgehead atoms. The Bertz CT molecular complexity index is 1440. The Morgan fingerprint density at radius 2 is 1.57 bits per heavy atom. The van der Waals surface area contributed by atoms with Gasteiger partial charge in [-0.1, -0.05) is 73.1 Å². The Kier molecular flexibility index (Phi) is 12.0. The molecule has 226 valence electrons. The second-order valence-corrected chi connectivity index (χ2v) is 13.2. The summed E-state index contributed by atoms with van der Waals surface area (Å²) in [6.07, 6.45) is 2.59. The summed E-state index contributed by atoms with van der Waals surface area (Å²) in [6.45, 7) is 8.05. The largest absolute Gasteiger partial charge is 0.352 e. The molecule has 3 aromatic carbocycles. The summed E-state index contributed by atoms with van der Waals surface area (Å²) in [5.74, 6) is -0.481. The number of sulfonamides is 1. The molecule has 0 radical (unpaired) electrons. The van der Waals surface area contributed by atoms with Crippen molar-refractivity contribution in [1.82, 2.24) is 10.2 Å². The lowest BCUT2D eigenvalue weighted by molar-refractivity contribution is -0.141. The van der Waals surface area contributed by atoms with Crippen molar-refractivity contribution >= 4 is 39.1 Å². The first-order chi connectivity index (χ1) is 19.9. The molecule has 7 nitrogen and oxygen atoms in total. The zero-order valence-electron chi connectivity index (χ0n) is 25.1. The van der Waals surface area contributed by atoms with Crippen molar-refractivity contribution in [2.75, 3.05) is 17.1 Å². The summed E-state index contributed by atoms with van der Waals surface area (Å²) in [5, 5.41) is 3.57. The van der Waals surface area contributed by atoms with Crippen molar-refractivity contribution < 1.29 is 18.0 Å². The molecule has 0 saturated carbocycles. The van der Waals surface area contributed by atoms with E-state index >= 15 is 0 Å². The van der Waals surface area contributed by atoms with E-state index in [2.05, 4.69) is 5.32 Å². The Morgan fingerprint density at radius 1 is 0.952 bits per heavy atom. The van der Waals surface area contributed by atoms with E-state index in [1.807, 2.05) is 94.4 Å². The highest BCUT2D eigenvalue weighted by molar-refractivity contribution is 7.92. The highest BCUT2D eigenvalue weighted by Crippen LogP contribution is 2.24. The molecule has 0 aromatic heterocycles. The Hall–Kier alpha value is -3.36. The van der Waals surface area contributed by atoms with Gasteiger partial charge >= 0.3 is 0 Å². The summed E-state index contributed by atoms with van der Waals surface area (Å²) in [4.78, 5) is 29.2. The quantitative estimate of drug-likeness (QED) is 0.240. The highest BCUT2D eigenvalue weighted by atomic mass is 35.5. The van der Waals surface area contributed by atoms with Crippen LogP contribution in [0.3, 0.4) is 0 Å². The van der Waals surface area contributed by atoms with Gasteiger partial charge in [-0.15, -0.1) is 0 Å². The van der Waals surface area contributed by atoms with Crippen LogP contribution >= 0.6 is 11.6 Å². The summed E-state index contributed by atoms with van der Waals surface area (Å²) in [7, 11) is -3.58. The lowest BCUT2D eigenvalue weighted by Gasteiger charge is -2.33. The van der Waals surface area contributed by atoms with Crippen LogP contribution < -0.4 is 9.62 Å². The average Bonchev–Trinajstić information content (AvgIpc) is 2.93. The van der Waals surface area contributed by atoms with Gasteiger partial charge in [0.25, 0.3) is 0 Å². The number of nitrogens with one attached hydrogen (secondary N) is 1. The number of benzene rings is 3. The highest BCUT2D eigenvalue weighted by Gasteiger charge is 2.31. The molecule has 0 spiro atoms. The average molecular weight is 612 g/mol. The molecule has 0 aliphatic rings. The number of carbonyl (C=O) groups is 2. The van der Waals surface area contributed by atoms with E-state index in [4.69, 9.17) is 11.6 Å². The number of hydrogen-bond acceptors (Lipinski definition) is 4. The summed E-state index contributed by atoms with van der Waals surface area (Å²) in [6, 6.07) is 21.7. The number of rotatable bonds is 14. The maximum atomic E-state index is 14.0. The van der Waals surface area contributed by atoms with Gasteiger partial charge in [-0.25, -0.2) is 8.42 Å². The first-order valence-corrected chi connectivity index (χ1v) is 16.5. The number of anilines is 1. The Morgan fingerprint density at radius 3 is 2.17 bits per heavy atom. The van der Waals surface area contributed by atoms with Crippen LogP contribution in [-0.4, -0.2) is 50.0 Å². The molecule has 2 amide bonds. The van der Waals surface area contributed by atoms with E-state index in [9.17, 15) is 18.0 Å². The molecule has 0 saturated heterocycles. The van der Waals surface area contributed by atoms with Gasteiger partial charge in [0.2, 0.25) is 21.8 Å². The number of halogens is 1. The first kappa shape index (κ1) is 33.1. The third-order valence-electron chi connectivity index (χ3n) is 7.22. The van der Waals surface area contributed by atoms with E-state index in [0.29, 0.717) is 17.1 Å². The van der Waals surface area contributed by atoms with Gasteiger partial charge in [-0.05, 0) is 74.1 Å². The zero-order valence-corrected chi connectivity index (χ0v) is 26.7. The maximum Gasteiger partial charge on any atom is 0.243 e. The molecule has 0 aliphatic carbocycles. The van der Waals surface area contributed by atoms with Crippen molar-refractivity contribution in [3.05, 3.63) is 100 Å². The lowest BCUT2D eigenvalue weighted by atomic mass is 10.0. The van der Waals surface area contributed by atoms with E-state index in [0.717, 1.165) is 28.7 Å². The van der Waals surface area contributed by atoms with Gasteiger partial charge in [0.05, 0.1) is 11.9 Å². The van der Waals surface area contributed by atoms with Crippen LogP contribution in [-0.2, 0) is 32.6 Å². The van der Waals surface area contributed by atoms with Crippen LogP contribution in [0, 0.1) is 13.8 Å². The minimum atomic E-state index is -3.58. The van der Waals surface area contributed by atoms with Crippen LogP contribution in [0.2, 0.25) is 5.02 Å². The van der Waals surface area contributed by atoms with Crippen molar-refractivity contribution in [1.29, 1.82) is 0 Å². The summed E-state index contributed by atoms with van der Waals surface area (Å²) in [5.41, 5.74) is 4.14. The normalized spacial score (nSPS) is 12.8. The molecule has 9 heteroatoms. The molecule has 0 heterocycles. The second kappa shape index (κ2) is 15.2. The van der Waals surface area contributed by atoms with Crippen molar-refractivity contribution in [2.45, 2.75) is 72.0 Å². The summed E-state index contributed by atoms with van der Waals surface area (Å²) >= 11 is 6.50. The van der Waals surface area contributed by atoms with E-state index < -0.39 is 16.1 Å². The van der Waals surface area contributed by atoms with Crippen LogP contribution in [0.1, 0.15) is 55.4 Å². The second-order valence-electron chi connectivity index (χ2n) is 10.9. The smallest absolute Gasteiger partial charge is 0.243 e. The van der Waals surface area contributed by atoms with Crippen LogP contribution in [0.4, 0.5) is 5.69 Å². The number of amides is 2. The van der Waals surface area contributed by atoms with Crippen molar-refractivity contribution in [3.63, 3.8) is 0 Å². The molecule has 3 aromatic rings. The molecule has 2 atom stereocenters. The third kappa shape index (κ3) is 9.60. The molecule has 0 fully saturated rings. The molecule has 0 aliphatic heterocycles. The van der Waals surface area contributed by atoms with Gasteiger partial charge < -0.3 is 10.2 Å². The number of nitrogens with zero attached hydrogens (tertiary/aromatic N) is 2. The fraction of sp³-hybridized carbons (Fsp3) is 0.394. The third-order valence-corrected chi connectivity index (χ3v) is 8.78. The number of carbonyl (C=O) groups excluding carboxylic acids is 2.